The predicted octanol–water partition coefficient (Wildman–Crippen LogP) is 17.6. The fourth-order valence-corrected chi connectivity index (χ4v) is 9.23. The van der Waals surface area contributed by atoms with Gasteiger partial charge in [-0.3, -0.25) is 23.4 Å². The molecule has 0 heterocycles. The molecule has 0 aromatic carbocycles. The summed E-state index contributed by atoms with van der Waals surface area (Å²) in [5, 5.41) is 9.82. The van der Waals surface area contributed by atoms with Crippen molar-refractivity contribution in [1.29, 1.82) is 0 Å². The summed E-state index contributed by atoms with van der Waals surface area (Å²) in [6.07, 6.45) is 56.8. The van der Waals surface area contributed by atoms with Crippen LogP contribution in [-0.2, 0) is 42.2 Å². The number of carbonyl (C=O) groups excluding carboxylic acids is 3. The molecule has 0 rings (SSSR count). The first-order chi connectivity index (χ1) is 35.2. The fraction of sp³-hybridized carbons (Fsp3) is 0.850. The molecule has 0 aliphatic heterocycles. The number of phosphoric acid groups is 1. The molecule has 72 heavy (non-hydrogen) atoms. The van der Waals surface area contributed by atoms with E-state index < -0.39 is 57.8 Å². The summed E-state index contributed by atoms with van der Waals surface area (Å²) < 4.78 is 39.5. The number of allylic oxidation sites excluding steroid dienone is 6. The van der Waals surface area contributed by atoms with Crippen molar-refractivity contribution in [2.24, 2.45) is 0 Å². The molecular weight excluding hydrogens is 928 g/mol. The topological polar surface area (TPSA) is 155 Å². The van der Waals surface area contributed by atoms with Gasteiger partial charge in [-0.15, -0.1) is 0 Å². The van der Waals surface area contributed by atoms with Crippen molar-refractivity contribution in [3.05, 3.63) is 36.5 Å². The number of phosphoric ester groups is 1. The van der Waals surface area contributed by atoms with Crippen LogP contribution in [-0.4, -0.2) is 66.5 Å². The van der Waals surface area contributed by atoms with Crippen molar-refractivity contribution in [2.45, 2.75) is 303 Å². The molecule has 12 heteroatoms. The summed E-state index contributed by atoms with van der Waals surface area (Å²) in [5.41, 5.74) is 0. The zero-order valence-corrected chi connectivity index (χ0v) is 47.6. The van der Waals surface area contributed by atoms with Gasteiger partial charge in [0.15, 0.2) is 6.10 Å². The smallest absolute Gasteiger partial charge is 0.462 e. The Morgan fingerprint density at radius 1 is 0.389 bits per heavy atom. The van der Waals surface area contributed by atoms with Crippen LogP contribution in [0, 0.1) is 0 Å². The Morgan fingerprint density at radius 2 is 0.681 bits per heavy atom. The maximum atomic E-state index is 12.9. The third kappa shape index (κ3) is 52.6. The van der Waals surface area contributed by atoms with Crippen molar-refractivity contribution in [3.63, 3.8) is 0 Å². The van der Waals surface area contributed by atoms with E-state index in [1.807, 2.05) is 0 Å². The van der Waals surface area contributed by atoms with E-state index in [9.17, 15) is 28.9 Å². The number of rotatable bonds is 56. The zero-order valence-electron chi connectivity index (χ0n) is 46.7. The lowest BCUT2D eigenvalue weighted by atomic mass is 10.1. The molecule has 0 amide bonds. The molecule has 422 valence electrons. The molecular formula is C60H111O11P. The molecule has 0 fully saturated rings. The van der Waals surface area contributed by atoms with Crippen molar-refractivity contribution >= 4 is 25.7 Å². The molecule has 0 aromatic heterocycles. The number of aliphatic hydroxyl groups excluding tert-OH is 1. The summed E-state index contributed by atoms with van der Waals surface area (Å²) >= 11 is 0. The van der Waals surface area contributed by atoms with Crippen LogP contribution in [0.5, 0.6) is 0 Å². The minimum atomic E-state index is -4.74. The van der Waals surface area contributed by atoms with Crippen LogP contribution in [0.4, 0.5) is 0 Å². The highest BCUT2D eigenvalue weighted by Gasteiger charge is 2.28. The third-order valence-electron chi connectivity index (χ3n) is 13.0. The highest BCUT2D eigenvalue weighted by molar-refractivity contribution is 7.47. The Balaban J connectivity index is 4.59. The van der Waals surface area contributed by atoms with Gasteiger partial charge in [0.2, 0.25) is 0 Å². The van der Waals surface area contributed by atoms with Gasteiger partial charge in [0, 0.05) is 19.3 Å². The molecule has 0 spiro atoms. The van der Waals surface area contributed by atoms with E-state index in [0.29, 0.717) is 19.3 Å². The molecule has 11 nitrogen and oxygen atoms in total. The minimum absolute atomic E-state index is 0.166. The summed E-state index contributed by atoms with van der Waals surface area (Å²) in [7, 11) is -4.74. The second-order valence-electron chi connectivity index (χ2n) is 20.2. The lowest BCUT2D eigenvalue weighted by Crippen LogP contribution is -2.30. The van der Waals surface area contributed by atoms with Crippen LogP contribution in [0.25, 0.3) is 0 Å². The number of carbonyl (C=O) groups is 3. The monoisotopic (exact) mass is 1040 g/mol. The molecule has 2 N–H and O–H groups in total. The summed E-state index contributed by atoms with van der Waals surface area (Å²) in [4.78, 5) is 48.5. The molecule has 0 aliphatic carbocycles. The largest absolute Gasteiger partial charge is 0.472 e. The van der Waals surface area contributed by atoms with Gasteiger partial charge in [0.1, 0.15) is 12.7 Å². The summed E-state index contributed by atoms with van der Waals surface area (Å²) in [6, 6.07) is 0. The van der Waals surface area contributed by atoms with E-state index in [1.54, 1.807) is 0 Å². The average Bonchev–Trinajstić information content (AvgIpc) is 3.37. The third-order valence-corrected chi connectivity index (χ3v) is 14.0. The number of esters is 3. The molecule has 0 bridgehead atoms. The number of ether oxygens (including phenoxy) is 3. The van der Waals surface area contributed by atoms with E-state index in [2.05, 4.69) is 57.2 Å². The average molecular weight is 1040 g/mol. The van der Waals surface area contributed by atoms with Crippen LogP contribution in [0.1, 0.15) is 290 Å². The van der Waals surface area contributed by atoms with E-state index in [0.717, 1.165) is 77.0 Å². The summed E-state index contributed by atoms with van der Waals surface area (Å²) in [6.45, 7) is 4.62. The predicted molar refractivity (Wildman–Crippen MR) is 298 cm³/mol. The van der Waals surface area contributed by atoms with E-state index in [4.69, 9.17) is 23.3 Å². The van der Waals surface area contributed by atoms with Crippen molar-refractivity contribution in [1.82, 2.24) is 0 Å². The van der Waals surface area contributed by atoms with Gasteiger partial charge in [0.05, 0.1) is 19.8 Å². The number of aliphatic hydroxyl groups is 1. The molecule has 0 saturated heterocycles. The molecule has 3 atom stereocenters. The van der Waals surface area contributed by atoms with Crippen molar-refractivity contribution < 1.29 is 52.2 Å². The highest BCUT2D eigenvalue weighted by atomic mass is 31.2. The van der Waals surface area contributed by atoms with Crippen LogP contribution >= 0.6 is 7.82 Å². The number of hydrogen-bond acceptors (Lipinski definition) is 10. The molecule has 0 radical (unpaired) electrons. The fourth-order valence-electron chi connectivity index (χ4n) is 8.44. The molecule has 0 aliphatic rings. The standard InChI is InChI=1S/C60H111O11P/c1-4-7-10-13-16-19-21-23-25-27-28-30-32-34-36-39-42-45-48-51-60(64)71-57(53-67-58(62)49-46-43-40-37-18-15-12-9-6-3)55-69-72(65,66)68-54-56(52-61)70-59(63)50-47-44-41-38-35-33-31-29-26-24-22-20-17-14-11-8-5-2/h16,19,23-26,56-57,61H,4-15,17-18,20-22,27-55H2,1-3H3,(H,65,66)/b19-16-,25-23-,26-24-. The molecule has 0 aromatic rings. The lowest BCUT2D eigenvalue weighted by molar-refractivity contribution is -0.161. The maximum absolute atomic E-state index is 12.9. The Labute approximate surface area is 441 Å². The Morgan fingerprint density at radius 3 is 1.07 bits per heavy atom. The van der Waals surface area contributed by atoms with Gasteiger partial charge in [-0.05, 0) is 77.0 Å². The minimum Gasteiger partial charge on any atom is -0.462 e. The first kappa shape index (κ1) is 69.7. The normalized spacial score (nSPS) is 13.6. The molecule has 0 saturated carbocycles. The van der Waals surface area contributed by atoms with Crippen LogP contribution in [0.3, 0.4) is 0 Å². The summed E-state index contributed by atoms with van der Waals surface area (Å²) in [5.74, 6) is -1.46. The second kappa shape index (κ2) is 54.9. The quantitative estimate of drug-likeness (QED) is 0.0197. The Kier molecular flexibility index (Phi) is 53.2. The SMILES string of the molecule is CCCCC/C=C\C/C=C\CCCCCCCCCCCC(=O)OC(COC(=O)CCCCCCCCCCC)COP(=O)(O)OCC(CO)OC(=O)CCCCCCCCC/C=C\CCCCCCCC. The highest BCUT2D eigenvalue weighted by Crippen LogP contribution is 2.43. The second-order valence-corrected chi connectivity index (χ2v) is 21.6. The number of hydrogen-bond donors (Lipinski definition) is 2. The van der Waals surface area contributed by atoms with Gasteiger partial charge in [-0.25, -0.2) is 4.57 Å². The van der Waals surface area contributed by atoms with Crippen molar-refractivity contribution in [3.8, 4) is 0 Å². The Bertz CT molecular complexity index is 1350. The van der Waals surface area contributed by atoms with Gasteiger partial charge in [-0.2, -0.15) is 0 Å². The van der Waals surface area contributed by atoms with Crippen LogP contribution in [0.15, 0.2) is 36.5 Å². The zero-order chi connectivity index (χ0) is 52.7. The number of unbranched alkanes of at least 4 members (excludes halogenated alkanes) is 33. The van der Waals surface area contributed by atoms with Gasteiger partial charge >= 0.3 is 25.7 Å². The Hall–Kier alpha value is -2.30. The van der Waals surface area contributed by atoms with Crippen molar-refractivity contribution in [2.75, 3.05) is 26.4 Å². The van der Waals surface area contributed by atoms with E-state index in [1.165, 1.54) is 154 Å². The van der Waals surface area contributed by atoms with Gasteiger partial charge < -0.3 is 24.2 Å². The van der Waals surface area contributed by atoms with E-state index in [-0.39, 0.29) is 25.9 Å². The molecule has 3 unspecified atom stereocenters. The van der Waals surface area contributed by atoms with Crippen LogP contribution < -0.4 is 0 Å². The van der Waals surface area contributed by atoms with Gasteiger partial charge in [0.25, 0.3) is 0 Å². The first-order valence-corrected chi connectivity index (χ1v) is 31.4. The van der Waals surface area contributed by atoms with Gasteiger partial charge in [-0.1, -0.05) is 231 Å². The maximum Gasteiger partial charge on any atom is 0.472 e. The van der Waals surface area contributed by atoms with Crippen LogP contribution in [0.2, 0.25) is 0 Å². The first-order valence-electron chi connectivity index (χ1n) is 29.9. The van der Waals surface area contributed by atoms with E-state index >= 15 is 0 Å². The lowest BCUT2D eigenvalue weighted by Gasteiger charge is -2.21.